The lowest BCUT2D eigenvalue weighted by Gasteiger charge is -2.35. The average Bonchev–Trinajstić information content (AvgIpc) is 2.75. The highest BCUT2D eigenvalue weighted by Gasteiger charge is 2.25. The summed E-state index contributed by atoms with van der Waals surface area (Å²) < 4.78 is 0. The molecular weight excluding hydrogens is 419 g/mol. The zero-order chi connectivity index (χ0) is 21.8. The normalized spacial score (nSPS) is 16.0. The number of nitrogens with zero attached hydrogens (tertiary/aromatic N) is 3. The van der Waals surface area contributed by atoms with E-state index in [0.717, 1.165) is 42.6 Å². The molecule has 2 amide bonds. The van der Waals surface area contributed by atoms with Gasteiger partial charge in [-0.25, -0.2) is 4.79 Å². The van der Waals surface area contributed by atoms with Gasteiger partial charge >= 0.3 is 6.03 Å². The van der Waals surface area contributed by atoms with Crippen LogP contribution in [0.25, 0.3) is 11.1 Å². The molecule has 0 spiro atoms. The third kappa shape index (κ3) is 4.89. The van der Waals surface area contributed by atoms with Gasteiger partial charge in [-0.05, 0) is 63.2 Å². The summed E-state index contributed by atoms with van der Waals surface area (Å²) in [6.07, 6.45) is 1.94. The van der Waals surface area contributed by atoms with Gasteiger partial charge in [-0.3, -0.25) is 0 Å². The summed E-state index contributed by atoms with van der Waals surface area (Å²) in [5, 5.41) is 13.0. The number of amides is 2. The van der Waals surface area contributed by atoms with E-state index in [1.807, 2.05) is 38.2 Å². The largest absolute Gasteiger partial charge is 0.331 e. The lowest BCUT2D eigenvalue weighted by molar-refractivity contribution is 0.146. The van der Waals surface area contributed by atoms with E-state index in [2.05, 4.69) is 23.3 Å². The van der Waals surface area contributed by atoms with Crippen LogP contribution in [0.1, 0.15) is 36.9 Å². The first-order chi connectivity index (χ1) is 14.3. The number of urea groups is 1. The van der Waals surface area contributed by atoms with Crippen LogP contribution in [0.3, 0.4) is 0 Å². The van der Waals surface area contributed by atoms with Gasteiger partial charge in [-0.2, -0.15) is 5.26 Å². The molecule has 1 aliphatic rings. The van der Waals surface area contributed by atoms with Crippen LogP contribution >= 0.6 is 23.2 Å². The zero-order valence-electron chi connectivity index (χ0n) is 17.5. The topological polar surface area (TPSA) is 59.4 Å². The molecule has 3 rings (SSSR count). The molecule has 1 N–H and O–H groups in total. The molecule has 2 aromatic carbocycles. The van der Waals surface area contributed by atoms with Gasteiger partial charge in [0.15, 0.2) is 0 Å². The lowest BCUT2D eigenvalue weighted by Crippen LogP contribution is -2.48. The standard InChI is InChI=1S/C23H26Cl2N4O/c1-15(27-23(30)29(3)18-9-11-28(2)12-10-18)19-7-8-20(22(25)21(19)24)17-6-4-5-16(13-17)14-26/h4-8,13,15,18H,9-12H2,1-3H3,(H,27,30). The zero-order valence-corrected chi connectivity index (χ0v) is 19.0. The Bertz CT molecular complexity index is 964. The van der Waals surface area contributed by atoms with Crippen molar-refractivity contribution in [1.82, 2.24) is 15.1 Å². The number of carbonyl (C=O) groups is 1. The summed E-state index contributed by atoms with van der Waals surface area (Å²) in [7, 11) is 3.95. The Morgan fingerprint density at radius 3 is 2.60 bits per heavy atom. The summed E-state index contributed by atoms with van der Waals surface area (Å²) in [6, 6.07) is 12.9. The Morgan fingerprint density at radius 2 is 1.93 bits per heavy atom. The van der Waals surface area contributed by atoms with Crippen molar-refractivity contribution in [2.75, 3.05) is 27.2 Å². The Kier molecular flexibility index (Phi) is 7.25. The Hall–Kier alpha value is -2.26. The molecule has 0 bridgehead atoms. The molecule has 2 aromatic rings. The predicted octanol–water partition coefficient (Wildman–Crippen LogP) is 5.33. The molecule has 1 atom stereocenters. The minimum atomic E-state index is -0.296. The minimum Gasteiger partial charge on any atom is -0.331 e. The Labute approximate surface area is 188 Å². The number of nitriles is 1. The molecule has 0 aromatic heterocycles. The SMILES string of the molecule is CC(NC(=O)N(C)C1CCN(C)CC1)c1ccc(-c2cccc(C#N)c2)c(Cl)c1Cl. The fourth-order valence-corrected chi connectivity index (χ4v) is 4.40. The maximum Gasteiger partial charge on any atom is 0.317 e. The monoisotopic (exact) mass is 444 g/mol. The van der Waals surface area contributed by atoms with Crippen molar-refractivity contribution in [1.29, 1.82) is 5.26 Å². The van der Waals surface area contributed by atoms with Crippen molar-refractivity contribution >= 4 is 29.2 Å². The van der Waals surface area contributed by atoms with E-state index < -0.39 is 0 Å². The van der Waals surface area contributed by atoms with Crippen molar-refractivity contribution in [2.45, 2.75) is 31.8 Å². The number of benzene rings is 2. The van der Waals surface area contributed by atoms with Crippen molar-refractivity contribution in [3.8, 4) is 17.2 Å². The second-order valence-electron chi connectivity index (χ2n) is 7.84. The molecule has 1 fully saturated rings. The number of hydrogen-bond acceptors (Lipinski definition) is 3. The molecule has 7 heteroatoms. The molecule has 0 saturated carbocycles. The molecule has 1 unspecified atom stereocenters. The number of hydrogen-bond donors (Lipinski definition) is 1. The smallest absolute Gasteiger partial charge is 0.317 e. The van der Waals surface area contributed by atoms with Gasteiger partial charge < -0.3 is 15.1 Å². The van der Waals surface area contributed by atoms with E-state index in [1.54, 1.807) is 17.0 Å². The molecular formula is C23H26Cl2N4O. The van der Waals surface area contributed by atoms with Crippen LogP contribution < -0.4 is 5.32 Å². The minimum absolute atomic E-state index is 0.116. The van der Waals surface area contributed by atoms with E-state index >= 15 is 0 Å². The van der Waals surface area contributed by atoms with Crippen LogP contribution in [0.2, 0.25) is 10.0 Å². The third-order valence-corrected chi connectivity index (χ3v) is 6.67. The van der Waals surface area contributed by atoms with Crippen LogP contribution in [-0.4, -0.2) is 49.1 Å². The average molecular weight is 445 g/mol. The first kappa shape index (κ1) is 22.4. The molecule has 1 aliphatic heterocycles. The van der Waals surface area contributed by atoms with E-state index in [-0.39, 0.29) is 18.1 Å². The second kappa shape index (κ2) is 9.70. The molecule has 1 saturated heterocycles. The first-order valence-corrected chi connectivity index (χ1v) is 10.8. The van der Waals surface area contributed by atoms with Crippen LogP contribution in [-0.2, 0) is 0 Å². The number of rotatable bonds is 4. The molecule has 0 aliphatic carbocycles. The number of halogens is 2. The molecule has 1 heterocycles. The summed E-state index contributed by atoms with van der Waals surface area (Å²) >= 11 is 13.1. The predicted molar refractivity (Wildman–Crippen MR) is 122 cm³/mol. The number of nitrogens with one attached hydrogen (secondary N) is 1. The summed E-state index contributed by atoms with van der Waals surface area (Å²) in [4.78, 5) is 16.8. The van der Waals surface area contributed by atoms with Gasteiger partial charge in [0.2, 0.25) is 0 Å². The molecule has 158 valence electrons. The number of likely N-dealkylation sites (tertiary alicyclic amines) is 1. The maximum absolute atomic E-state index is 12.8. The van der Waals surface area contributed by atoms with E-state index in [0.29, 0.717) is 15.6 Å². The van der Waals surface area contributed by atoms with Gasteiger partial charge in [0.05, 0.1) is 27.7 Å². The molecule has 5 nitrogen and oxygen atoms in total. The van der Waals surface area contributed by atoms with Crippen molar-refractivity contribution < 1.29 is 4.79 Å². The quantitative estimate of drug-likeness (QED) is 0.692. The number of carbonyl (C=O) groups excluding carboxylic acids is 1. The second-order valence-corrected chi connectivity index (χ2v) is 8.60. The van der Waals surface area contributed by atoms with Gasteiger partial charge in [-0.1, -0.05) is 47.5 Å². The van der Waals surface area contributed by atoms with E-state index in [1.165, 1.54) is 0 Å². The van der Waals surface area contributed by atoms with Crippen molar-refractivity contribution in [3.05, 3.63) is 57.6 Å². The van der Waals surface area contributed by atoms with Gasteiger partial charge in [0.1, 0.15) is 0 Å². The lowest BCUT2D eigenvalue weighted by atomic mass is 9.99. The highest BCUT2D eigenvalue weighted by Crippen LogP contribution is 2.38. The van der Waals surface area contributed by atoms with E-state index in [4.69, 9.17) is 28.5 Å². The fraction of sp³-hybridized carbons (Fsp3) is 0.391. The van der Waals surface area contributed by atoms with Crippen LogP contribution in [0.4, 0.5) is 4.79 Å². The summed E-state index contributed by atoms with van der Waals surface area (Å²) in [6.45, 7) is 3.88. The Balaban J connectivity index is 1.74. The first-order valence-electron chi connectivity index (χ1n) is 10.0. The number of piperidine rings is 1. The molecule has 0 radical (unpaired) electrons. The van der Waals surface area contributed by atoms with Crippen molar-refractivity contribution in [3.63, 3.8) is 0 Å². The Morgan fingerprint density at radius 1 is 1.23 bits per heavy atom. The van der Waals surface area contributed by atoms with Crippen LogP contribution in [0, 0.1) is 11.3 Å². The summed E-state index contributed by atoms with van der Waals surface area (Å²) in [5.41, 5.74) is 2.89. The van der Waals surface area contributed by atoms with Crippen LogP contribution in [0.5, 0.6) is 0 Å². The van der Waals surface area contributed by atoms with Gasteiger partial charge in [-0.15, -0.1) is 0 Å². The molecule has 30 heavy (non-hydrogen) atoms. The van der Waals surface area contributed by atoms with Gasteiger partial charge in [0.25, 0.3) is 0 Å². The maximum atomic E-state index is 12.8. The van der Waals surface area contributed by atoms with Crippen LogP contribution in [0.15, 0.2) is 36.4 Å². The van der Waals surface area contributed by atoms with Crippen molar-refractivity contribution in [2.24, 2.45) is 0 Å². The fourth-order valence-electron chi connectivity index (χ4n) is 3.79. The van der Waals surface area contributed by atoms with Gasteiger partial charge in [0, 0.05) is 18.7 Å². The highest BCUT2D eigenvalue weighted by molar-refractivity contribution is 6.44. The van der Waals surface area contributed by atoms with E-state index in [9.17, 15) is 4.79 Å². The summed E-state index contributed by atoms with van der Waals surface area (Å²) in [5.74, 6) is 0. The highest BCUT2D eigenvalue weighted by atomic mass is 35.5. The third-order valence-electron chi connectivity index (χ3n) is 5.78.